The molecule has 0 saturated carbocycles. The molecule has 2 N–H and O–H groups in total. The fraction of sp³-hybridized carbons (Fsp3) is 0.429. The molecule has 0 saturated heterocycles. The monoisotopic (exact) mass is 281 g/mol. The molecule has 1 atom stereocenters. The van der Waals surface area contributed by atoms with Crippen molar-refractivity contribution < 1.29 is 14.7 Å². The first-order valence-corrected chi connectivity index (χ1v) is 7.49. The first-order chi connectivity index (χ1) is 9.04. The van der Waals surface area contributed by atoms with Crippen molar-refractivity contribution in [2.24, 2.45) is 0 Å². The topological polar surface area (TPSA) is 66.4 Å². The number of aliphatic carboxylic acids is 1. The van der Waals surface area contributed by atoms with E-state index in [0.29, 0.717) is 12.2 Å². The molecule has 0 heterocycles. The minimum absolute atomic E-state index is 0.218. The van der Waals surface area contributed by atoms with Crippen molar-refractivity contribution in [3.63, 3.8) is 0 Å². The van der Waals surface area contributed by atoms with Gasteiger partial charge in [-0.05, 0) is 36.5 Å². The predicted octanol–water partition coefficient (Wildman–Crippen LogP) is 1.86. The second kappa shape index (κ2) is 7.84. The highest BCUT2D eigenvalue weighted by atomic mass is 32.2. The Kier molecular flexibility index (Phi) is 6.42. The fourth-order valence-corrected chi connectivity index (χ4v) is 2.19. The number of thioether (sulfide) groups is 1. The number of hydrogen-bond acceptors (Lipinski definition) is 3. The third-order valence-corrected chi connectivity index (χ3v) is 3.50. The molecule has 4 nitrogen and oxygen atoms in total. The lowest BCUT2D eigenvalue weighted by Crippen LogP contribution is -2.41. The Morgan fingerprint density at radius 2 is 2.05 bits per heavy atom. The molecule has 0 radical (unpaired) electrons. The lowest BCUT2D eigenvalue weighted by Gasteiger charge is -2.14. The van der Waals surface area contributed by atoms with E-state index in [1.807, 2.05) is 37.4 Å². The first-order valence-electron chi connectivity index (χ1n) is 6.10. The number of carboxylic acids is 1. The highest BCUT2D eigenvalue weighted by molar-refractivity contribution is 7.98. The number of aryl methyl sites for hydroxylation is 1. The number of nitrogens with one attached hydrogen (secondary N) is 1. The van der Waals surface area contributed by atoms with Crippen LogP contribution in [0.2, 0.25) is 0 Å². The molecule has 1 aromatic rings. The van der Waals surface area contributed by atoms with Crippen molar-refractivity contribution in [1.82, 2.24) is 5.32 Å². The molecule has 0 aromatic heterocycles. The molecule has 0 aliphatic carbocycles. The molecular formula is C14H19NO3S. The van der Waals surface area contributed by atoms with Gasteiger partial charge in [0.15, 0.2) is 0 Å². The van der Waals surface area contributed by atoms with E-state index in [-0.39, 0.29) is 12.3 Å². The molecule has 0 aliphatic rings. The zero-order valence-corrected chi connectivity index (χ0v) is 12.0. The molecule has 0 bridgehead atoms. The summed E-state index contributed by atoms with van der Waals surface area (Å²) in [6, 6.07) is 6.80. The van der Waals surface area contributed by atoms with Gasteiger partial charge in [0.25, 0.3) is 0 Å². The van der Waals surface area contributed by atoms with Crippen LogP contribution in [0.15, 0.2) is 24.3 Å². The molecule has 0 spiro atoms. The van der Waals surface area contributed by atoms with Crippen molar-refractivity contribution in [2.75, 3.05) is 12.0 Å². The van der Waals surface area contributed by atoms with Crippen molar-refractivity contribution in [3.05, 3.63) is 35.4 Å². The van der Waals surface area contributed by atoms with Gasteiger partial charge in [0, 0.05) is 0 Å². The smallest absolute Gasteiger partial charge is 0.326 e. The second-order valence-corrected chi connectivity index (χ2v) is 5.33. The van der Waals surface area contributed by atoms with Gasteiger partial charge in [0.1, 0.15) is 6.04 Å². The van der Waals surface area contributed by atoms with Crippen LogP contribution in [-0.4, -0.2) is 35.0 Å². The molecule has 5 heteroatoms. The summed E-state index contributed by atoms with van der Waals surface area (Å²) in [6.07, 6.45) is 2.57. The Bertz CT molecular complexity index is 448. The Labute approximate surface area is 117 Å². The summed E-state index contributed by atoms with van der Waals surface area (Å²) in [5, 5.41) is 11.6. The zero-order chi connectivity index (χ0) is 14.3. The van der Waals surface area contributed by atoms with Gasteiger partial charge in [-0.3, -0.25) is 4.79 Å². The average Bonchev–Trinajstić information content (AvgIpc) is 2.37. The fourth-order valence-electron chi connectivity index (χ4n) is 1.72. The van der Waals surface area contributed by atoms with Crippen LogP contribution in [0.5, 0.6) is 0 Å². The van der Waals surface area contributed by atoms with E-state index in [0.717, 1.165) is 11.1 Å². The standard InChI is InChI=1S/C14H19NO3S/c1-10-5-3-4-6-11(10)9-13(16)15-12(14(17)18)7-8-19-2/h3-6,12H,7-9H2,1-2H3,(H,15,16)(H,17,18)/t12-/m0/s1. The van der Waals surface area contributed by atoms with Gasteiger partial charge < -0.3 is 10.4 Å². The minimum atomic E-state index is -0.979. The van der Waals surface area contributed by atoms with Crippen LogP contribution in [-0.2, 0) is 16.0 Å². The summed E-state index contributed by atoms with van der Waals surface area (Å²) >= 11 is 1.57. The van der Waals surface area contributed by atoms with Crippen LogP contribution < -0.4 is 5.32 Å². The van der Waals surface area contributed by atoms with Gasteiger partial charge >= 0.3 is 5.97 Å². The third kappa shape index (κ3) is 5.34. The largest absolute Gasteiger partial charge is 0.480 e. The van der Waals surface area contributed by atoms with E-state index >= 15 is 0 Å². The van der Waals surface area contributed by atoms with Crippen molar-refractivity contribution >= 4 is 23.6 Å². The van der Waals surface area contributed by atoms with Crippen LogP contribution in [0.4, 0.5) is 0 Å². The maximum atomic E-state index is 11.9. The van der Waals surface area contributed by atoms with Gasteiger partial charge in [-0.15, -0.1) is 0 Å². The van der Waals surface area contributed by atoms with E-state index in [4.69, 9.17) is 5.11 Å². The number of rotatable bonds is 7. The lowest BCUT2D eigenvalue weighted by atomic mass is 10.1. The lowest BCUT2D eigenvalue weighted by molar-refractivity contribution is -0.141. The van der Waals surface area contributed by atoms with Crippen molar-refractivity contribution in [1.29, 1.82) is 0 Å². The molecule has 1 amide bonds. The van der Waals surface area contributed by atoms with E-state index in [2.05, 4.69) is 5.32 Å². The summed E-state index contributed by atoms with van der Waals surface area (Å²) in [7, 11) is 0. The van der Waals surface area contributed by atoms with Gasteiger partial charge in [-0.1, -0.05) is 24.3 Å². The molecular weight excluding hydrogens is 262 g/mol. The number of carboxylic acid groups (broad SMARTS) is 1. The number of benzene rings is 1. The van der Waals surface area contributed by atoms with Gasteiger partial charge in [-0.25, -0.2) is 4.79 Å². The Morgan fingerprint density at radius 3 is 2.63 bits per heavy atom. The minimum Gasteiger partial charge on any atom is -0.480 e. The molecule has 1 aromatic carbocycles. The van der Waals surface area contributed by atoms with Crippen molar-refractivity contribution in [2.45, 2.75) is 25.8 Å². The molecule has 1 rings (SSSR count). The van der Waals surface area contributed by atoms with E-state index in [1.54, 1.807) is 11.8 Å². The molecule has 19 heavy (non-hydrogen) atoms. The van der Waals surface area contributed by atoms with Gasteiger partial charge in [0.2, 0.25) is 5.91 Å². The molecule has 0 aliphatic heterocycles. The Morgan fingerprint density at radius 1 is 1.37 bits per heavy atom. The number of carbonyl (C=O) groups excluding carboxylic acids is 1. The summed E-state index contributed by atoms with van der Waals surface area (Å²) in [4.78, 5) is 22.9. The third-order valence-electron chi connectivity index (χ3n) is 2.86. The molecule has 0 fully saturated rings. The van der Waals surface area contributed by atoms with Crippen LogP contribution in [0, 0.1) is 6.92 Å². The summed E-state index contributed by atoms with van der Waals surface area (Å²) in [6.45, 7) is 1.94. The zero-order valence-electron chi connectivity index (χ0n) is 11.2. The van der Waals surface area contributed by atoms with Gasteiger partial charge in [0.05, 0.1) is 6.42 Å². The maximum absolute atomic E-state index is 11.9. The number of amides is 1. The van der Waals surface area contributed by atoms with Gasteiger partial charge in [-0.2, -0.15) is 11.8 Å². The highest BCUT2D eigenvalue weighted by Gasteiger charge is 2.19. The Hall–Kier alpha value is -1.49. The maximum Gasteiger partial charge on any atom is 0.326 e. The van der Waals surface area contributed by atoms with Crippen LogP contribution in [0.1, 0.15) is 17.5 Å². The quantitative estimate of drug-likeness (QED) is 0.800. The second-order valence-electron chi connectivity index (χ2n) is 4.34. The first kappa shape index (κ1) is 15.6. The Balaban J connectivity index is 2.58. The predicted molar refractivity (Wildman–Crippen MR) is 77.4 cm³/mol. The van der Waals surface area contributed by atoms with E-state index < -0.39 is 12.0 Å². The van der Waals surface area contributed by atoms with Crippen LogP contribution in [0.3, 0.4) is 0 Å². The molecule has 104 valence electrons. The SMILES string of the molecule is CSCC[C@H](NC(=O)Cc1ccccc1C)C(=O)O. The summed E-state index contributed by atoms with van der Waals surface area (Å²) in [5.41, 5.74) is 1.96. The number of hydrogen-bond donors (Lipinski definition) is 2. The summed E-state index contributed by atoms with van der Waals surface area (Å²) < 4.78 is 0. The van der Waals surface area contributed by atoms with E-state index in [1.165, 1.54) is 0 Å². The molecule has 0 unspecified atom stereocenters. The summed E-state index contributed by atoms with van der Waals surface area (Å²) in [5.74, 6) is -0.517. The average molecular weight is 281 g/mol. The normalized spacial score (nSPS) is 11.9. The highest BCUT2D eigenvalue weighted by Crippen LogP contribution is 2.08. The van der Waals surface area contributed by atoms with Crippen LogP contribution in [0.25, 0.3) is 0 Å². The van der Waals surface area contributed by atoms with Crippen LogP contribution >= 0.6 is 11.8 Å². The number of carbonyl (C=O) groups is 2. The van der Waals surface area contributed by atoms with Crippen molar-refractivity contribution in [3.8, 4) is 0 Å². The van der Waals surface area contributed by atoms with E-state index in [9.17, 15) is 9.59 Å².